The van der Waals surface area contributed by atoms with E-state index in [4.69, 9.17) is 0 Å². The first-order valence-corrected chi connectivity index (χ1v) is 6.11. The summed E-state index contributed by atoms with van der Waals surface area (Å²) in [5, 5.41) is 7.40. The zero-order chi connectivity index (χ0) is 13.7. The van der Waals surface area contributed by atoms with Gasteiger partial charge in [0.05, 0.1) is 11.4 Å². The highest BCUT2D eigenvalue weighted by atomic mass is 15.6. The Morgan fingerprint density at radius 3 is 2.50 bits per heavy atom. The first-order chi connectivity index (χ1) is 8.49. The molecule has 0 fully saturated rings. The van der Waals surface area contributed by atoms with E-state index in [9.17, 15) is 0 Å². The summed E-state index contributed by atoms with van der Waals surface area (Å²) in [4.78, 5) is 0. The van der Waals surface area contributed by atoms with Crippen molar-refractivity contribution < 1.29 is 0 Å². The van der Waals surface area contributed by atoms with Gasteiger partial charge in [-0.2, -0.15) is 0 Å². The fraction of sp³-hybridized carbons (Fsp3) is 0.333. The lowest BCUT2D eigenvalue weighted by atomic mass is 10.1. The third-order valence-corrected chi connectivity index (χ3v) is 2.96. The molecule has 1 rings (SSSR count). The van der Waals surface area contributed by atoms with E-state index in [-0.39, 0.29) is 0 Å². The Morgan fingerprint density at radius 1 is 1.33 bits per heavy atom. The normalized spacial score (nSPS) is 10.3. The fourth-order valence-corrected chi connectivity index (χ4v) is 1.61. The lowest BCUT2D eigenvalue weighted by Crippen LogP contribution is -2.33. The van der Waals surface area contributed by atoms with Gasteiger partial charge in [0.2, 0.25) is 0 Å². The number of hydrogen-bond acceptors (Lipinski definition) is 3. The van der Waals surface area contributed by atoms with Gasteiger partial charge in [0.25, 0.3) is 0 Å². The molecule has 18 heavy (non-hydrogen) atoms. The van der Waals surface area contributed by atoms with Gasteiger partial charge >= 0.3 is 0 Å². The molecule has 0 aliphatic carbocycles. The minimum absolute atomic E-state index is 0.799. The Balaban J connectivity index is 3.15. The third-order valence-electron chi connectivity index (χ3n) is 2.96. The molecule has 0 saturated heterocycles. The van der Waals surface area contributed by atoms with E-state index in [1.54, 1.807) is 6.08 Å². The van der Waals surface area contributed by atoms with Crippen LogP contribution in [0.1, 0.15) is 12.5 Å². The average molecular weight is 245 g/mol. The molecule has 0 bridgehead atoms. The lowest BCUT2D eigenvalue weighted by molar-refractivity contribution is 0.398. The molecule has 0 aliphatic rings. The first kappa shape index (κ1) is 14.3. The number of anilines is 2. The van der Waals surface area contributed by atoms with Gasteiger partial charge < -0.3 is 10.3 Å². The van der Waals surface area contributed by atoms with Crippen LogP contribution in [0.4, 0.5) is 11.4 Å². The Labute approximate surface area is 110 Å². The predicted octanol–water partition coefficient (Wildman–Crippen LogP) is 3.27. The van der Waals surface area contributed by atoms with Crippen LogP contribution in [-0.4, -0.2) is 26.2 Å². The molecule has 3 nitrogen and oxygen atoms in total. The Bertz CT molecular complexity index is 435. The molecule has 0 spiro atoms. The number of hydrazine groups is 1. The summed E-state index contributed by atoms with van der Waals surface area (Å²) in [6, 6.07) is 6.41. The van der Waals surface area contributed by atoms with Gasteiger partial charge in [-0.25, -0.2) is 5.01 Å². The Hall–Kier alpha value is -1.74. The number of nitrogens with one attached hydrogen (secondary N) is 1. The minimum atomic E-state index is 0.799. The summed E-state index contributed by atoms with van der Waals surface area (Å²) in [6.45, 7) is 9.77. The summed E-state index contributed by atoms with van der Waals surface area (Å²) < 4.78 is 0. The van der Waals surface area contributed by atoms with Crippen molar-refractivity contribution in [1.29, 1.82) is 0 Å². The highest BCUT2D eigenvalue weighted by Gasteiger charge is 2.10. The smallest absolute Gasteiger partial charge is 0.0756 e. The predicted molar refractivity (Wildman–Crippen MR) is 80.9 cm³/mol. The molecular formula is C15H23N3. The number of nitrogens with zero attached hydrogens (tertiary/aromatic N) is 2. The van der Waals surface area contributed by atoms with Crippen LogP contribution in [0.2, 0.25) is 0 Å². The van der Waals surface area contributed by atoms with Crippen molar-refractivity contribution in [1.82, 2.24) is 5.01 Å². The highest BCUT2D eigenvalue weighted by molar-refractivity contribution is 5.72. The van der Waals surface area contributed by atoms with Gasteiger partial charge in [-0.05, 0) is 30.2 Å². The van der Waals surface area contributed by atoms with E-state index >= 15 is 0 Å². The second-order valence-corrected chi connectivity index (χ2v) is 4.43. The van der Waals surface area contributed by atoms with Gasteiger partial charge in [-0.3, -0.25) is 0 Å². The maximum absolute atomic E-state index is 3.90. The highest BCUT2D eigenvalue weighted by Crippen LogP contribution is 2.28. The second kappa shape index (κ2) is 6.26. The molecule has 0 aliphatic heterocycles. The van der Waals surface area contributed by atoms with Crippen molar-refractivity contribution in [2.24, 2.45) is 0 Å². The van der Waals surface area contributed by atoms with Gasteiger partial charge in [0, 0.05) is 26.8 Å². The second-order valence-electron chi connectivity index (χ2n) is 4.43. The van der Waals surface area contributed by atoms with Crippen LogP contribution in [0.3, 0.4) is 0 Å². The summed E-state index contributed by atoms with van der Waals surface area (Å²) in [5.74, 6) is 0. The zero-order valence-corrected chi connectivity index (χ0v) is 11.8. The molecule has 0 atom stereocenters. The summed E-state index contributed by atoms with van der Waals surface area (Å²) in [5.41, 5.74) is 4.27. The molecular weight excluding hydrogens is 222 g/mol. The van der Waals surface area contributed by atoms with Gasteiger partial charge in [-0.1, -0.05) is 26.1 Å². The molecule has 1 aromatic carbocycles. The maximum Gasteiger partial charge on any atom is 0.0756 e. The SMILES string of the molecule is C=CC(=C)Nc1ccc(CC)cc1N(C)N(C)C. The van der Waals surface area contributed by atoms with E-state index in [0.29, 0.717) is 0 Å². The van der Waals surface area contributed by atoms with Crippen molar-refractivity contribution in [3.63, 3.8) is 0 Å². The first-order valence-electron chi connectivity index (χ1n) is 6.11. The molecule has 1 aromatic rings. The van der Waals surface area contributed by atoms with Crippen LogP contribution >= 0.6 is 0 Å². The van der Waals surface area contributed by atoms with Crippen molar-refractivity contribution in [2.75, 3.05) is 31.5 Å². The zero-order valence-electron chi connectivity index (χ0n) is 11.8. The molecule has 98 valence electrons. The largest absolute Gasteiger partial charge is 0.354 e. The number of hydrogen-bond donors (Lipinski definition) is 1. The molecule has 0 amide bonds. The Morgan fingerprint density at radius 2 is 2.00 bits per heavy atom. The molecule has 3 heteroatoms. The summed E-state index contributed by atoms with van der Waals surface area (Å²) in [7, 11) is 6.08. The van der Waals surface area contributed by atoms with Crippen LogP contribution in [-0.2, 0) is 6.42 Å². The van der Waals surface area contributed by atoms with Gasteiger partial charge in [0.1, 0.15) is 0 Å². The molecule has 1 N–H and O–H groups in total. The fourth-order valence-electron chi connectivity index (χ4n) is 1.61. The average Bonchev–Trinajstić information content (AvgIpc) is 2.38. The maximum atomic E-state index is 3.90. The van der Waals surface area contributed by atoms with Crippen molar-refractivity contribution in [2.45, 2.75) is 13.3 Å². The third kappa shape index (κ3) is 3.37. The van der Waals surface area contributed by atoms with Crippen molar-refractivity contribution >= 4 is 11.4 Å². The van der Waals surface area contributed by atoms with E-state index < -0.39 is 0 Å². The van der Waals surface area contributed by atoms with E-state index in [2.05, 4.69) is 48.6 Å². The minimum Gasteiger partial charge on any atom is -0.354 e. The van der Waals surface area contributed by atoms with E-state index in [1.165, 1.54) is 5.56 Å². The number of aryl methyl sites for hydroxylation is 1. The monoisotopic (exact) mass is 245 g/mol. The quantitative estimate of drug-likeness (QED) is 0.613. The van der Waals surface area contributed by atoms with Gasteiger partial charge in [-0.15, -0.1) is 0 Å². The Kier molecular flexibility index (Phi) is 4.98. The standard InChI is InChI=1S/C15H23N3/c1-7-12(3)16-14-10-9-13(8-2)11-15(14)18(6)17(4)5/h7,9-11,16H,1,3,8H2,2,4-6H3. The number of rotatable bonds is 6. The molecule has 0 heterocycles. The summed E-state index contributed by atoms with van der Waals surface area (Å²) in [6.07, 6.45) is 2.74. The van der Waals surface area contributed by atoms with Crippen LogP contribution in [0.5, 0.6) is 0 Å². The van der Waals surface area contributed by atoms with Crippen LogP contribution in [0, 0.1) is 0 Å². The van der Waals surface area contributed by atoms with E-state index in [0.717, 1.165) is 23.5 Å². The van der Waals surface area contributed by atoms with Crippen molar-refractivity contribution in [3.8, 4) is 0 Å². The van der Waals surface area contributed by atoms with E-state index in [1.807, 2.05) is 26.2 Å². The topological polar surface area (TPSA) is 18.5 Å². The van der Waals surface area contributed by atoms with Crippen LogP contribution in [0.25, 0.3) is 0 Å². The molecule has 0 unspecified atom stereocenters. The van der Waals surface area contributed by atoms with Gasteiger partial charge in [0.15, 0.2) is 0 Å². The lowest BCUT2D eigenvalue weighted by Gasteiger charge is -2.29. The molecule has 0 aromatic heterocycles. The number of allylic oxidation sites excluding steroid dienone is 1. The molecule has 0 saturated carbocycles. The summed E-state index contributed by atoms with van der Waals surface area (Å²) >= 11 is 0. The van der Waals surface area contributed by atoms with Crippen LogP contribution in [0.15, 0.2) is 43.1 Å². The molecule has 0 radical (unpaired) electrons. The van der Waals surface area contributed by atoms with Crippen molar-refractivity contribution in [3.05, 3.63) is 48.7 Å². The van der Waals surface area contributed by atoms with Crippen LogP contribution < -0.4 is 10.3 Å². The number of benzene rings is 1.